The van der Waals surface area contributed by atoms with Crippen LogP contribution in [-0.4, -0.2) is 41.9 Å². The molecule has 8 heteroatoms. The molecule has 1 fully saturated rings. The molecule has 0 aliphatic carbocycles. The van der Waals surface area contributed by atoms with E-state index in [0.29, 0.717) is 19.4 Å². The molecule has 1 atom stereocenters. The first-order valence-electron chi connectivity index (χ1n) is 12.1. The molecule has 0 N–H and O–H groups in total. The number of fused-ring (bicyclic) bond motifs is 1. The fourth-order valence-corrected chi connectivity index (χ4v) is 9.09. The fourth-order valence-electron chi connectivity index (χ4n) is 4.61. The first-order chi connectivity index (χ1) is 16.5. The highest BCUT2D eigenvalue weighted by Crippen LogP contribution is 2.47. The van der Waals surface area contributed by atoms with Crippen molar-refractivity contribution in [3.05, 3.63) is 53.4 Å². The Morgan fingerprint density at radius 1 is 1.03 bits per heavy atom. The molecule has 1 aliphatic rings. The summed E-state index contributed by atoms with van der Waals surface area (Å²) in [6.07, 6.45) is 1.77. The highest BCUT2D eigenvalue weighted by atomic mass is 32.2. The maximum Gasteiger partial charge on any atom is 0.307 e. The summed E-state index contributed by atoms with van der Waals surface area (Å²) in [6, 6.07) is 16.9. The van der Waals surface area contributed by atoms with Crippen molar-refractivity contribution in [3.8, 4) is 16.2 Å². The zero-order valence-corrected chi connectivity index (χ0v) is 23.6. The third-order valence-electron chi connectivity index (χ3n) is 6.77. The maximum absolute atomic E-state index is 13.4. The van der Waals surface area contributed by atoms with Gasteiger partial charge in [-0.25, -0.2) is 8.42 Å². The van der Waals surface area contributed by atoms with E-state index in [9.17, 15) is 13.2 Å². The van der Waals surface area contributed by atoms with Crippen LogP contribution in [0, 0.1) is 0 Å². The largest absolute Gasteiger partial charge is 0.497 e. The summed E-state index contributed by atoms with van der Waals surface area (Å²) >= 11 is 1.48. The van der Waals surface area contributed by atoms with Crippen molar-refractivity contribution < 1.29 is 22.7 Å². The fraction of sp³-hybridized carbons (Fsp3) is 0.444. The molecule has 0 radical (unpaired) electrons. The van der Waals surface area contributed by atoms with Gasteiger partial charge in [-0.1, -0.05) is 44.3 Å². The Hall–Kier alpha value is -2.16. The summed E-state index contributed by atoms with van der Waals surface area (Å²) in [6.45, 7) is 7.04. The van der Waals surface area contributed by atoms with Crippen LogP contribution in [0.2, 0.25) is 25.7 Å². The summed E-state index contributed by atoms with van der Waals surface area (Å²) in [5.74, 6) is 0.508. The van der Waals surface area contributed by atoms with Crippen molar-refractivity contribution in [3.63, 3.8) is 0 Å². The lowest BCUT2D eigenvalue weighted by Gasteiger charge is -2.35. The average Bonchev–Trinajstić information content (AvgIpc) is 3.29. The number of methoxy groups -OCH3 is 1. The molecule has 35 heavy (non-hydrogen) atoms. The zero-order chi connectivity index (χ0) is 25.3. The molecule has 1 aliphatic heterocycles. The molecule has 0 amide bonds. The Balaban J connectivity index is 1.64. The molecule has 1 aromatic heterocycles. The van der Waals surface area contributed by atoms with Crippen molar-refractivity contribution in [2.75, 3.05) is 19.5 Å². The van der Waals surface area contributed by atoms with Crippen molar-refractivity contribution in [1.29, 1.82) is 0 Å². The Morgan fingerprint density at radius 3 is 2.49 bits per heavy atom. The minimum Gasteiger partial charge on any atom is -0.497 e. The molecular weight excluding hydrogens is 497 g/mol. The molecule has 188 valence electrons. The molecule has 4 rings (SSSR count). The van der Waals surface area contributed by atoms with Gasteiger partial charge in [-0.3, -0.25) is 4.79 Å². The predicted molar refractivity (Wildman–Crippen MR) is 147 cm³/mol. The second-order valence-corrected chi connectivity index (χ2v) is 19.7. The van der Waals surface area contributed by atoms with Crippen molar-refractivity contribution >= 4 is 46.0 Å². The Kier molecular flexibility index (Phi) is 7.45. The van der Waals surface area contributed by atoms with Gasteiger partial charge in [0.25, 0.3) is 0 Å². The Morgan fingerprint density at radius 2 is 1.77 bits per heavy atom. The summed E-state index contributed by atoms with van der Waals surface area (Å²) in [7, 11) is -3.19. The molecule has 0 spiro atoms. The number of sulfone groups is 1. The molecule has 3 aromatic rings. The monoisotopic (exact) mass is 530 g/mol. The van der Waals surface area contributed by atoms with Gasteiger partial charge >= 0.3 is 5.97 Å². The normalized spacial score (nSPS) is 20.0. The van der Waals surface area contributed by atoms with E-state index in [1.54, 1.807) is 7.11 Å². The lowest BCUT2D eigenvalue weighted by atomic mass is 9.95. The van der Waals surface area contributed by atoms with Gasteiger partial charge in [-0.2, -0.15) is 0 Å². The van der Waals surface area contributed by atoms with Gasteiger partial charge in [0, 0.05) is 17.8 Å². The van der Waals surface area contributed by atoms with Gasteiger partial charge in [-0.15, -0.1) is 11.3 Å². The average molecular weight is 531 g/mol. The van der Waals surface area contributed by atoms with Crippen LogP contribution >= 0.6 is 11.3 Å². The van der Waals surface area contributed by atoms with Crippen LogP contribution in [0.1, 0.15) is 30.6 Å². The van der Waals surface area contributed by atoms with Crippen LogP contribution in [-0.2, 0) is 24.1 Å². The van der Waals surface area contributed by atoms with Gasteiger partial charge < -0.3 is 9.47 Å². The lowest BCUT2D eigenvalue weighted by Crippen LogP contribution is -2.42. The molecule has 0 bridgehead atoms. The van der Waals surface area contributed by atoms with Crippen LogP contribution in [0.25, 0.3) is 21.2 Å². The van der Waals surface area contributed by atoms with E-state index in [0.717, 1.165) is 44.3 Å². The Labute approximate surface area is 213 Å². The van der Waals surface area contributed by atoms with Gasteiger partial charge in [0.05, 0.1) is 25.9 Å². The van der Waals surface area contributed by atoms with E-state index in [2.05, 4.69) is 31.8 Å². The molecule has 2 heterocycles. The van der Waals surface area contributed by atoms with Crippen LogP contribution in [0.4, 0.5) is 0 Å². The van der Waals surface area contributed by atoms with E-state index >= 15 is 0 Å². The number of esters is 1. The summed E-state index contributed by atoms with van der Waals surface area (Å²) in [5.41, 5.74) is 1.03. The van der Waals surface area contributed by atoms with Crippen LogP contribution in [0.5, 0.6) is 5.75 Å². The first-order valence-corrected chi connectivity index (χ1v) is 18.3. The van der Waals surface area contributed by atoms with Gasteiger partial charge in [0.2, 0.25) is 0 Å². The lowest BCUT2D eigenvalue weighted by molar-refractivity contribution is -0.144. The van der Waals surface area contributed by atoms with Crippen LogP contribution < -0.4 is 4.74 Å². The summed E-state index contributed by atoms with van der Waals surface area (Å²) < 4.78 is 36.6. The predicted octanol–water partition coefficient (Wildman–Crippen LogP) is 6.64. The number of rotatable bonds is 8. The topological polar surface area (TPSA) is 69.7 Å². The van der Waals surface area contributed by atoms with Gasteiger partial charge in [0.15, 0.2) is 9.84 Å². The number of thiophene rings is 1. The van der Waals surface area contributed by atoms with Crippen LogP contribution in [0.3, 0.4) is 0 Å². The minimum atomic E-state index is -3.49. The van der Waals surface area contributed by atoms with Crippen LogP contribution in [0.15, 0.2) is 48.5 Å². The minimum absolute atomic E-state index is 0.111. The number of carbonyl (C=O) groups excluding carboxylic acids is 1. The number of carbonyl (C=O) groups is 1. The molecule has 1 saturated heterocycles. The van der Waals surface area contributed by atoms with E-state index in [-0.39, 0.29) is 12.2 Å². The van der Waals surface area contributed by atoms with Gasteiger partial charge in [0.1, 0.15) is 10.5 Å². The number of ether oxygens (including phenoxy) is 2. The van der Waals surface area contributed by atoms with Gasteiger partial charge in [-0.05, 0) is 65.6 Å². The number of benzene rings is 2. The van der Waals surface area contributed by atoms with Crippen molar-refractivity contribution in [1.82, 2.24) is 0 Å². The third kappa shape index (κ3) is 5.65. The quantitative estimate of drug-likeness (QED) is 0.241. The van der Waals surface area contributed by atoms with E-state index in [1.165, 1.54) is 11.3 Å². The number of hydrogen-bond acceptors (Lipinski definition) is 6. The van der Waals surface area contributed by atoms with Crippen molar-refractivity contribution in [2.45, 2.75) is 56.1 Å². The summed E-state index contributed by atoms with van der Waals surface area (Å²) in [4.78, 5) is 14.6. The second kappa shape index (κ2) is 10.1. The summed E-state index contributed by atoms with van der Waals surface area (Å²) in [5, 5.41) is 2.17. The SMILES string of the molecule is COc1ccc2cc(-c3ccc([C@@]4(CC(=O)OCC[Si](C)(C)C)CCCCS4(=O)=O)s3)ccc2c1. The molecule has 0 unspecified atom stereocenters. The third-order valence-corrected chi connectivity index (χ3v) is 12.5. The highest BCUT2D eigenvalue weighted by Gasteiger charge is 2.49. The smallest absolute Gasteiger partial charge is 0.307 e. The van der Waals surface area contributed by atoms with E-state index < -0.39 is 28.6 Å². The van der Waals surface area contributed by atoms with E-state index in [1.807, 2.05) is 36.4 Å². The zero-order valence-electron chi connectivity index (χ0n) is 20.9. The molecule has 5 nitrogen and oxygen atoms in total. The van der Waals surface area contributed by atoms with Crippen molar-refractivity contribution in [2.24, 2.45) is 0 Å². The standard InChI is InChI=1S/C27H34O5S2Si/c1-31-23-10-9-20-17-22(8-7-21(20)18-23)24-11-12-25(33-24)27(13-5-6-15-34(27,29)30)19-26(28)32-14-16-35(2,3)4/h7-12,17-18H,5-6,13-16,19H2,1-4H3/t27-/m0/s1. The number of hydrogen-bond donors (Lipinski definition) is 0. The Bertz CT molecular complexity index is 1320. The molecule has 0 saturated carbocycles. The molecular formula is C27H34O5S2Si. The maximum atomic E-state index is 13.4. The first kappa shape index (κ1) is 25.9. The van der Waals surface area contributed by atoms with E-state index in [4.69, 9.17) is 9.47 Å². The highest BCUT2D eigenvalue weighted by molar-refractivity contribution is 7.92. The molecule has 2 aromatic carbocycles. The second-order valence-electron chi connectivity index (χ2n) is 10.6.